The number of aromatic nitrogens is 2. The lowest BCUT2D eigenvalue weighted by Gasteiger charge is -2.13. The lowest BCUT2D eigenvalue weighted by Crippen LogP contribution is -2.28. The molecule has 3 aromatic rings. The van der Waals surface area contributed by atoms with Crippen LogP contribution in [0.2, 0.25) is 0 Å². The molecule has 3 rings (SSSR count). The molecule has 0 amide bonds. The van der Waals surface area contributed by atoms with Crippen LogP contribution in [0.25, 0.3) is 11.0 Å². The number of rotatable bonds is 5. The number of halogens is 5. The third-order valence-corrected chi connectivity index (χ3v) is 5.09. The van der Waals surface area contributed by atoms with Gasteiger partial charge in [-0.15, -0.1) is 0 Å². The summed E-state index contributed by atoms with van der Waals surface area (Å²) in [5.74, 6) is -6.33. The molecule has 0 spiro atoms. The first kappa shape index (κ1) is 20.7. The zero-order valence-electron chi connectivity index (χ0n) is 14.6. The lowest BCUT2D eigenvalue weighted by molar-refractivity contribution is -0.106. The van der Waals surface area contributed by atoms with E-state index in [4.69, 9.17) is 0 Å². The fraction of sp³-hybridized carbons (Fsp3) is 0.176. The number of nitrogens with zero attached hydrogens (tertiary/aromatic N) is 1. The van der Waals surface area contributed by atoms with Crippen molar-refractivity contribution in [2.24, 2.45) is 0 Å². The van der Waals surface area contributed by atoms with Gasteiger partial charge in [0.2, 0.25) is 15.8 Å². The van der Waals surface area contributed by atoms with Crippen LogP contribution in [0.5, 0.6) is 0 Å². The Labute approximate surface area is 160 Å². The topological polar surface area (TPSA) is 91.9 Å². The molecule has 0 radical (unpaired) electrons. The molecule has 6 nitrogen and oxygen atoms in total. The predicted molar refractivity (Wildman–Crippen MR) is 94.1 cm³/mol. The van der Waals surface area contributed by atoms with Crippen molar-refractivity contribution in [1.29, 1.82) is 0 Å². The summed E-state index contributed by atoms with van der Waals surface area (Å²) < 4.78 is 90.6. The highest BCUT2D eigenvalue weighted by molar-refractivity contribution is 7.92. The zero-order chi connectivity index (χ0) is 21.6. The van der Waals surface area contributed by atoms with E-state index in [0.717, 1.165) is 0 Å². The van der Waals surface area contributed by atoms with Crippen LogP contribution in [0.15, 0.2) is 30.6 Å². The molecule has 0 saturated heterocycles. The maximum atomic E-state index is 14.7. The van der Waals surface area contributed by atoms with Gasteiger partial charge in [-0.2, -0.15) is 13.2 Å². The van der Waals surface area contributed by atoms with Crippen LogP contribution in [0.4, 0.5) is 27.6 Å². The molecule has 0 atom stereocenters. The maximum Gasteiger partial charge on any atom is 0.404 e. The van der Waals surface area contributed by atoms with E-state index in [2.05, 4.69) is 9.97 Å². The molecule has 0 unspecified atom stereocenters. The van der Waals surface area contributed by atoms with E-state index in [0.29, 0.717) is 17.7 Å². The van der Waals surface area contributed by atoms with Crippen LogP contribution < -0.4 is 4.72 Å². The Morgan fingerprint density at radius 1 is 1.24 bits per heavy atom. The first-order chi connectivity index (χ1) is 13.4. The monoisotopic (exact) mass is 433 g/mol. The van der Waals surface area contributed by atoms with E-state index in [1.807, 2.05) is 0 Å². The number of hydrogen-bond acceptors (Lipinski definition) is 4. The maximum absolute atomic E-state index is 14.7. The molecule has 0 aliphatic heterocycles. The van der Waals surface area contributed by atoms with Gasteiger partial charge in [0.15, 0.2) is 11.6 Å². The summed E-state index contributed by atoms with van der Waals surface area (Å²) in [7, 11) is -5.03. The lowest BCUT2D eigenvalue weighted by atomic mass is 10.0. The second-order valence-electron chi connectivity index (χ2n) is 6.20. The van der Waals surface area contributed by atoms with Crippen molar-refractivity contribution in [3.05, 3.63) is 58.9 Å². The van der Waals surface area contributed by atoms with Gasteiger partial charge in [0, 0.05) is 23.3 Å². The summed E-state index contributed by atoms with van der Waals surface area (Å²) >= 11 is 0. The molecule has 1 aromatic carbocycles. The number of sulfonamides is 1. The molecular weight excluding hydrogens is 421 g/mol. The van der Waals surface area contributed by atoms with Gasteiger partial charge in [0.1, 0.15) is 11.5 Å². The Bertz CT molecular complexity index is 1220. The third-order valence-electron chi connectivity index (χ3n) is 3.85. The highest BCUT2D eigenvalue weighted by atomic mass is 32.2. The number of fused-ring (bicyclic) bond motifs is 1. The van der Waals surface area contributed by atoms with Gasteiger partial charge >= 0.3 is 6.18 Å². The fourth-order valence-electron chi connectivity index (χ4n) is 2.69. The number of ketones is 1. The van der Waals surface area contributed by atoms with E-state index >= 15 is 0 Å². The first-order valence-corrected chi connectivity index (χ1v) is 9.57. The predicted octanol–water partition coefficient (Wildman–Crippen LogP) is 3.68. The molecular formula is C17H12F5N3O3S. The Balaban J connectivity index is 2.05. The number of benzene rings is 1. The minimum atomic E-state index is -5.07. The Morgan fingerprint density at radius 2 is 1.93 bits per heavy atom. The number of carbonyl (C=O) groups is 1. The second kappa shape index (κ2) is 7.10. The van der Waals surface area contributed by atoms with Gasteiger partial charge in [-0.3, -0.25) is 9.52 Å². The van der Waals surface area contributed by atoms with Crippen molar-refractivity contribution < 1.29 is 35.2 Å². The summed E-state index contributed by atoms with van der Waals surface area (Å²) in [5, 5.41) is 0.275. The molecule has 2 aromatic heterocycles. The summed E-state index contributed by atoms with van der Waals surface area (Å²) in [6, 6.07) is 2.73. The number of aromatic amines is 1. The highest BCUT2D eigenvalue weighted by Crippen LogP contribution is 2.28. The van der Waals surface area contributed by atoms with E-state index in [-0.39, 0.29) is 16.6 Å². The van der Waals surface area contributed by atoms with Gasteiger partial charge in [-0.1, -0.05) is 0 Å². The molecule has 0 fully saturated rings. The molecule has 0 aliphatic carbocycles. The smallest absolute Gasteiger partial charge is 0.345 e. The number of hydrogen-bond donors (Lipinski definition) is 2. The number of alkyl halides is 3. The molecule has 0 saturated carbocycles. The van der Waals surface area contributed by atoms with Gasteiger partial charge in [0.25, 0.3) is 0 Å². The Morgan fingerprint density at radius 3 is 2.59 bits per heavy atom. The number of anilines is 1. The number of H-pyrrole nitrogens is 1. The van der Waals surface area contributed by atoms with Crippen LogP contribution in [0, 0.1) is 18.6 Å². The van der Waals surface area contributed by atoms with Gasteiger partial charge in [-0.05, 0) is 30.7 Å². The van der Waals surface area contributed by atoms with Crippen molar-refractivity contribution in [2.75, 3.05) is 10.5 Å². The minimum Gasteiger partial charge on any atom is -0.345 e. The summed E-state index contributed by atoms with van der Waals surface area (Å²) in [6.07, 6.45) is -2.39. The average Bonchev–Trinajstić information content (AvgIpc) is 2.98. The summed E-state index contributed by atoms with van der Waals surface area (Å²) in [4.78, 5) is 19.4. The fourth-order valence-corrected chi connectivity index (χ4v) is 3.68. The van der Waals surface area contributed by atoms with E-state index in [1.54, 1.807) is 13.0 Å². The molecule has 2 heterocycles. The number of carbonyl (C=O) groups excluding carboxylic acids is 1. The molecule has 12 heteroatoms. The van der Waals surface area contributed by atoms with Gasteiger partial charge in [-0.25, -0.2) is 22.2 Å². The van der Waals surface area contributed by atoms with Crippen molar-refractivity contribution in [3.8, 4) is 0 Å². The SMILES string of the molecule is Cc1cnc2[nH]cc(C(=O)c3c(F)ccc(NS(=O)(=O)CC(F)(F)F)c3F)c2c1. The third kappa shape index (κ3) is 4.36. The first-order valence-electron chi connectivity index (χ1n) is 7.91. The summed E-state index contributed by atoms with van der Waals surface area (Å²) in [6.45, 7) is 1.69. The number of aryl methyl sites for hydroxylation is 1. The molecule has 2 N–H and O–H groups in total. The van der Waals surface area contributed by atoms with Crippen LogP contribution in [0.3, 0.4) is 0 Å². The average molecular weight is 433 g/mol. The largest absolute Gasteiger partial charge is 0.404 e. The number of pyridine rings is 1. The van der Waals surface area contributed by atoms with Crippen molar-refractivity contribution in [2.45, 2.75) is 13.1 Å². The van der Waals surface area contributed by atoms with Crippen molar-refractivity contribution in [1.82, 2.24) is 9.97 Å². The molecule has 0 aliphatic rings. The van der Waals surface area contributed by atoms with Crippen molar-refractivity contribution >= 4 is 32.5 Å². The minimum absolute atomic E-state index is 0.135. The molecule has 29 heavy (non-hydrogen) atoms. The van der Waals surface area contributed by atoms with Crippen LogP contribution in [-0.4, -0.2) is 36.1 Å². The standard InChI is InChI=1S/C17H12F5N3O3S/c1-8-4-9-10(6-24-16(9)23-5-8)15(26)13-11(18)2-3-12(14(13)19)25-29(27,28)7-17(20,21)22/h2-6,25H,7H2,1H3,(H,23,24). The second-order valence-corrected chi connectivity index (χ2v) is 7.92. The Hall–Kier alpha value is -3.02. The highest BCUT2D eigenvalue weighted by Gasteiger charge is 2.36. The van der Waals surface area contributed by atoms with Gasteiger partial charge in [0.05, 0.1) is 11.3 Å². The Kier molecular flexibility index (Phi) is 5.07. The van der Waals surface area contributed by atoms with Crippen LogP contribution in [0.1, 0.15) is 21.5 Å². The number of nitrogens with one attached hydrogen (secondary N) is 2. The quantitative estimate of drug-likeness (QED) is 0.474. The van der Waals surface area contributed by atoms with Crippen LogP contribution in [-0.2, 0) is 10.0 Å². The molecule has 154 valence electrons. The van der Waals surface area contributed by atoms with E-state index in [9.17, 15) is 35.2 Å². The normalized spacial score (nSPS) is 12.3. The van der Waals surface area contributed by atoms with Gasteiger partial charge < -0.3 is 4.98 Å². The van der Waals surface area contributed by atoms with E-state index in [1.165, 1.54) is 17.1 Å². The summed E-state index contributed by atoms with van der Waals surface area (Å²) in [5.41, 5.74) is -1.28. The zero-order valence-corrected chi connectivity index (χ0v) is 15.4. The molecule has 0 bridgehead atoms. The van der Waals surface area contributed by atoms with E-state index < -0.39 is 50.6 Å². The van der Waals surface area contributed by atoms with Crippen molar-refractivity contribution in [3.63, 3.8) is 0 Å². The van der Waals surface area contributed by atoms with Crippen LogP contribution >= 0.6 is 0 Å².